The lowest BCUT2D eigenvalue weighted by atomic mass is 10.2. The normalized spacial score (nSPS) is 12.2. The Hall–Kier alpha value is -1.85. The summed E-state index contributed by atoms with van der Waals surface area (Å²) in [5, 5.41) is 11.5. The molecule has 1 aromatic rings. The molecule has 100 valence electrons. The second kappa shape index (κ2) is 6.18. The van der Waals surface area contributed by atoms with Gasteiger partial charge in [-0.3, -0.25) is 0 Å². The number of hydrogen-bond acceptors (Lipinski definition) is 5. The number of rotatable bonds is 5. The quantitative estimate of drug-likeness (QED) is 0.358. The standard InChI is InChI=1S/C12H21N5O/c1-8(2)7-17(9(3)4)11-6-14-10(5-15-11)12(13)16-18/h5-6,8-9,18H,7H2,1-4H3,(H2,13,16). The van der Waals surface area contributed by atoms with Crippen LogP contribution in [0.15, 0.2) is 17.5 Å². The van der Waals surface area contributed by atoms with Gasteiger partial charge < -0.3 is 15.8 Å². The van der Waals surface area contributed by atoms with E-state index < -0.39 is 0 Å². The molecule has 0 saturated heterocycles. The van der Waals surface area contributed by atoms with Crippen molar-refractivity contribution in [3.63, 3.8) is 0 Å². The van der Waals surface area contributed by atoms with Gasteiger partial charge in [0.1, 0.15) is 11.5 Å². The zero-order valence-electron chi connectivity index (χ0n) is 11.3. The molecular weight excluding hydrogens is 230 g/mol. The van der Waals surface area contributed by atoms with Gasteiger partial charge in [0.15, 0.2) is 5.84 Å². The third-order valence-electron chi connectivity index (χ3n) is 2.49. The molecule has 0 atom stereocenters. The van der Waals surface area contributed by atoms with Gasteiger partial charge in [-0.2, -0.15) is 0 Å². The minimum atomic E-state index is -0.0333. The lowest BCUT2D eigenvalue weighted by Gasteiger charge is -2.29. The second-order valence-corrected chi connectivity index (χ2v) is 4.89. The van der Waals surface area contributed by atoms with Crippen molar-refractivity contribution in [2.24, 2.45) is 16.8 Å². The van der Waals surface area contributed by atoms with Crippen molar-refractivity contribution >= 4 is 11.7 Å². The Labute approximate surface area is 108 Å². The minimum absolute atomic E-state index is 0.0333. The highest BCUT2D eigenvalue weighted by Crippen LogP contribution is 2.14. The predicted octanol–water partition coefficient (Wildman–Crippen LogP) is 1.44. The predicted molar refractivity (Wildman–Crippen MR) is 71.9 cm³/mol. The van der Waals surface area contributed by atoms with Crippen molar-refractivity contribution in [1.82, 2.24) is 9.97 Å². The molecule has 0 saturated carbocycles. The van der Waals surface area contributed by atoms with Crippen LogP contribution in [0, 0.1) is 5.92 Å². The Morgan fingerprint density at radius 1 is 1.33 bits per heavy atom. The van der Waals surface area contributed by atoms with Gasteiger partial charge in [-0.25, -0.2) is 9.97 Å². The summed E-state index contributed by atoms with van der Waals surface area (Å²) >= 11 is 0. The van der Waals surface area contributed by atoms with Crippen molar-refractivity contribution in [3.05, 3.63) is 18.1 Å². The molecule has 0 amide bonds. The maximum atomic E-state index is 8.56. The number of aromatic nitrogens is 2. The SMILES string of the molecule is CC(C)CN(c1cnc(C(N)=NO)cn1)C(C)C. The van der Waals surface area contributed by atoms with Gasteiger partial charge in [0, 0.05) is 12.6 Å². The summed E-state index contributed by atoms with van der Waals surface area (Å²) in [4.78, 5) is 10.6. The molecule has 1 rings (SSSR count). The molecule has 6 heteroatoms. The first-order chi connectivity index (χ1) is 8.45. The van der Waals surface area contributed by atoms with Crippen LogP contribution in [0.1, 0.15) is 33.4 Å². The third kappa shape index (κ3) is 3.58. The number of amidine groups is 1. The highest BCUT2D eigenvalue weighted by molar-refractivity contribution is 5.94. The molecule has 0 aliphatic heterocycles. The zero-order valence-corrected chi connectivity index (χ0v) is 11.3. The molecule has 0 bridgehead atoms. The van der Waals surface area contributed by atoms with Gasteiger partial charge >= 0.3 is 0 Å². The van der Waals surface area contributed by atoms with E-state index in [1.807, 2.05) is 0 Å². The van der Waals surface area contributed by atoms with E-state index in [4.69, 9.17) is 10.9 Å². The van der Waals surface area contributed by atoms with Crippen LogP contribution in [0.2, 0.25) is 0 Å². The molecule has 1 aromatic heterocycles. The monoisotopic (exact) mass is 251 g/mol. The van der Waals surface area contributed by atoms with Crippen molar-refractivity contribution in [2.45, 2.75) is 33.7 Å². The highest BCUT2D eigenvalue weighted by Gasteiger charge is 2.14. The Bertz CT molecular complexity index is 399. The Morgan fingerprint density at radius 2 is 2.00 bits per heavy atom. The van der Waals surface area contributed by atoms with E-state index in [0.717, 1.165) is 12.4 Å². The van der Waals surface area contributed by atoms with Crippen molar-refractivity contribution in [3.8, 4) is 0 Å². The first-order valence-electron chi connectivity index (χ1n) is 6.02. The van der Waals surface area contributed by atoms with Crippen LogP contribution in [0.5, 0.6) is 0 Å². The number of hydrogen-bond donors (Lipinski definition) is 2. The number of oxime groups is 1. The summed E-state index contributed by atoms with van der Waals surface area (Å²) in [6.07, 6.45) is 3.16. The van der Waals surface area contributed by atoms with E-state index in [1.165, 1.54) is 6.20 Å². The summed E-state index contributed by atoms with van der Waals surface area (Å²) in [7, 11) is 0. The van der Waals surface area contributed by atoms with E-state index in [-0.39, 0.29) is 5.84 Å². The topological polar surface area (TPSA) is 87.6 Å². The first-order valence-corrected chi connectivity index (χ1v) is 6.02. The van der Waals surface area contributed by atoms with Crippen molar-refractivity contribution in [2.75, 3.05) is 11.4 Å². The summed E-state index contributed by atoms with van der Waals surface area (Å²) < 4.78 is 0. The molecule has 0 aliphatic rings. The summed E-state index contributed by atoms with van der Waals surface area (Å²) in [6.45, 7) is 9.46. The largest absolute Gasteiger partial charge is 0.409 e. The van der Waals surface area contributed by atoms with Gasteiger partial charge in [0.25, 0.3) is 0 Å². The Kier molecular flexibility index (Phi) is 4.88. The van der Waals surface area contributed by atoms with Gasteiger partial charge in [-0.1, -0.05) is 19.0 Å². The molecule has 0 aromatic carbocycles. The molecule has 0 unspecified atom stereocenters. The number of anilines is 1. The molecule has 3 N–H and O–H groups in total. The van der Waals surface area contributed by atoms with Crippen LogP contribution >= 0.6 is 0 Å². The fourth-order valence-corrected chi connectivity index (χ4v) is 1.62. The maximum Gasteiger partial charge on any atom is 0.190 e. The lowest BCUT2D eigenvalue weighted by Crippen LogP contribution is -2.35. The van der Waals surface area contributed by atoms with E-state index in [9.17, 15) is 0 Å². The van der Waals surface area contributed by atoms with Crippen LogP contribution in [0.3, 0.4) is 0 Å². The second-order valence-electron chi connectivity index (χ2n) is 4.89. The van der Waals surface area contributed by atoms with Gasteiger partial charge in [-0.05, 0) is 19.8 Å². The number of nitrogens with zero attached hydrogens (tertiary/aromatic N) is 4. The van der Waals surface area contributed by atoms with Gasteiger partial charge in [-0.15, -0.1) is 0 Å². The molecule has 0 spiro atoms. The maximum absolute atomic E-state index is 8.56. The summed E-state index contributed by atoms with van der Waals surface area (Å²) in [6, 6.07) is 0.344. The van der Waals surface area contributed by atoms with E-state index in [2.05, 4.69) is 47.7 Å². The summed E-state index contributed by atoms with van der Waals surface area (Å²) in [5.74, 6) is 1.31. The lowest BCUT2D eigenvalue weighted by molar-refractivity contribution is 0.318. The number of nitrogens with two attached hydrogens (primary N) is 1. The molecule has 0 fully saturated rings. The van der Waals surface area contributed by atoms with Crippen LogP contribution in [-0.4, -0.2) is 33.6 Å². The highest BCUT2D eigenvalue weighted by atomic mass is 16.4. The molecule has 1 heterocycles. The molecule has 18 heavy (non-hydrogen) atoms. The smallest absolute Gasteiger partial charge is 0.190 e. The Balaban J connectivity index is 2.94. The Morgan fingerprint density at radius 3 is 2.39 bits per heavy atom. The van der Waals surface area contributed by atoms with E-state index >= 15 is 0 Å². The third-order valence-corrected chi connectivity index (χ3v) is 2.49. The molecular formula is C12H21N5O. The fourth-order valence-electron chi connectivity index (χ4n) is 1.62. The minimum Gasteiger partial charge on any atom is -0.409 e. The van der Waals surface area contributed by atoms with Crippen LogP contribution in [0.4, 0.5) is 5.82 Å². The van der Waals surface area contributed by atoms with E-state index in [0.29, 0.717) is 17.7 Å². The zero-order chi connectivity index (χ0) is 13.7. The molecule has 0 radical (unpaired) electrons. The fraction of sp³-hybridized carbons (Fsp3) is 0.583. The molecule has 0 aliphatic carbocycles. The van der Waals surface area contributed by atoms with E-state index in [1.54, 1.807) is 6.20 Å². The van der Waals surface area contributed by atoms with Crippen molar-refractivity contribution in [1.29, 1.82) is 0 Å². The average Bonchev–Trinajstić information content (AvgIpc) is 2.34. The van der Waals surface area contributed by atoms with Gasteiger partial charge in [0.2, 0.25) is 0 Å². The average molecular weight is 251 g/mol. The van der Waals surface area contributed by atoms with Crippen molar-refractivity contribution < 1.29 is 5.21 Å². The van der Waals surface area contributed by atoms with Crippen LogP contribution in [-0.2, 0) is 0 Å². The van der Waals surface area contributed by atoms with Crippen LogP contribution in [0.25, 0.3) is 0 Å². The van der Waals surface area contributed by atoms with Crippen LogP contribution < -0.4 is 10.6 Å². The van der Waals surface area contributed by atoms with Gasteiger partial charge in [0.05, 0.1) is 12.4 Å². The first kappa shape index (κ1) is 14.2. The molecule has 6 nitrogen and oxygen atoms in total. The summed E-state index contributed by atoms with van der Waals surface area (Å²) in [5.41, 5.74) is 5.81.